The highest BCUT2D eigenvalue weighted by atomic mass is 79.9. The fourth-order valence-corrected chi connectivity index (χ4v) is 3.80. The van der Waals surface area contributed by atoms with Crippen LogP contribution in [-0.2, 0) is 19.5 Å². The molecule has 0 spiro atoms. The van der Waals surface area contributed by atoms with Gasteiger partial charge in [0.1, 0.15) is 11.0 Å². The third-order valence-electron chi connectivity index (χ3n) is 3.09. The van der Waals surface area contributed by atoms with Crippen molar-refractivity contribution in [2.45, 2.75) is 49.9 Å². The first-order valence-corrected chi connectivity index (χ1v) is 8.69. The lowest BCUT2D eigenvalue weighted by Gasteiger charge is -2.31. The predicted molar refractivity (Wildman–Crippen MR) is 76.2 cm³/mol. The van der Waals surface area contributed by atoms with E-state index < -0.39 is 16.0 Å². The second kappa shape index (κ2) is 6.07. The molecule has 0 aliphatic carbocycles. The fraction of sp³-hybridized carbons (Fsp3) is 0.583. The number of hydrogen-bond donors (Lipinski definition) is 1. The van der Waals surface area contributed by atoms with E-state index in [2.05, 4.69) is 15.9 Å². The average molecular weight is 382 g/mol. The van der Waals surface area contributed by atoms with Gasteiger partial charge in [0.2, 0.25) is 15.8 Å². The molecule has 1 aromatic rings. The predicted octanol–water partition coefficient (Wildman–Crippen LogP) is 1.80. The molecule has 7 nitrogen and oxygen atoms in total. The molecule has 0 radical (unpaired) electrons. The Morgan fingerprint density at radius 1 is 1.38 bits per heavy atom. The topological polar surface area (TPSA) is 109 Å². The minimum atomic E-state index is -3.97. The van der Waals surface area contributed by atoms with Gasteiger partial charge >= 0.3 is 5.97 Å². The number of ether oxygens (including phenoxy) is 2. The molecule has 1 aliphatic heterocycles. The lowest BCUT2D eigenvalue weighted by molar-refractivity contribution is -0.0862. The van der Waals surface area contributed by atoms with Crippen molar-refractivity contribution in [2.24, 2.45) is 5.14 Å². The third kappa shape index (κ3) is 4.06. The Morgan fingerprint density at radius 2 is 1.95 bits per heavy atom. The molecule has 21 heavy (non-hydrogen) atoms. The molecule has 0 bridgehead atoms. The van der Waals surface area contributed by atoms with Crippen molar-refractivity contribution < 1.29 is 27.1 Å². The van der Waals surface area contributed by atoms with E-state index in [-0.39, 0.29) is 33.6 Å². The third-order valence-corrected chi connectivity index (χ3v) is 4.86. The Kier molecular flexibility index (Phi) is 4.76. The number of halogens is 1. The van der Waals surface area contributed by atoms with Crippen molar-refractivity contribution in [3.63, 3.8) is 0 Å². The number of esters is 1. The molecule has 0 amide bonds. The van der Waals surface area contributed by atoms with Crippen LogP contribution >= 0.6 is 15.9 Å². The van der Waals surface area contributed by atoms with E-state index in [1.165, 1.54) is 0 Å². The highest BCUT2D eigenvalue weighted by Gasteiger charge is 2.29. The number of rotatable bonds is 3. The fourth-order valence-electron chi connectivity index (χ4n) is 2.30. The number of nitrogens with two attached hydrogens (primary N) is 1. The Morgan fingerprint density at radius 3 is 2.43 bits per heavy atom. The molecular formula is C12H16BrNO6S. The SMILES string of the molecule is CC1CC(OC(=O)c2cc(S(N)(=O)=O)c(Br)o2)CC(C)O1. The molecule has 1 aromatic heterocycles. The Hall–Kier alpha value is -0.900. The summed E-state index contributed by atoms with van der Waals surface area (Å²) in [6.07, 6.45) is 0.864. The maximum absolute atomic E-state index is 12.0. The van der Waals surface area contributed by atoms with Crippen LogP contribution in [0.1, 0.15) is 37.2 Å². The first kappa shape index (κ1) is 16.5. The van der Waals surface area contributed by atoms with Gasteiger partial charge in [0, 0.05) is 18.9 Å². The summed E-state index contributed by atoms with van der Waals surface area (Å²) in [5.41, 5.74) is 0. The molecule has 118 valence electrons. The van der Waals surface area contributed by atoms with Gasteiger partial charge in [-0.05, 0) is 29.8 Å². The van der Waals surface area contributed by atoms with Crippen LogP contribution in [-0.4, -0.2) is 32.7 Å². The zero-order valence-electron chi connectivity index (χ0n) is 11.5. The number of primary sulfonamides is 1. The molecule has 0 saturated carbocycles. The molecule has 1 aliphatic rings. The summed E-state index contributed by atoms with van der Waals surface area (Å²) in [5, 5.41) is 5.01. The lowest BCUT2D eigenvalue weighted by Crippen LogP contribution is -2.35. The van der Waals surface area contributed by atoms with Crippen LogP contribution in [0.3, 0.4) is 0 Å². The number of sulfonamides is 1. The van der Waals surface area contributed by atoms with E-state index in [0.29, 0.717) is 12.8 Å². The zero-order valence-corrected chi connectivity index (χ0v) is 13.9. The van der Waals surface area contributed by atoms with Gasteiger partial charge in [-0.25, -0.2) is 18.4 Å². The number of hydrogen-bond acceptors (Lipinski definition) is 6. The number of carbonyl (C=O) groups is 1. The van der Waals surface area contributed by atoms with Gasteiger partial charge in [-0.15, -0.1) is 0 Å². The van der Waals surface area contributed by atoms with Gasteiger partial charge in [0.05, 0.1) is 12.2 Å². The van der Waals surface area contributed by atoms with Crippen LogP contribution < -0.4 is 5.14 Å². The maximum Gasteiger partial charge on any atom is 0.374 e. The van der Waals surface area contributed by atoms with E-state index in [4.69, 9.17) is 19.0 Å². The van der Waals surface area contributed by atoms with E-state index in [1.807, 2.05) is 13.8 Å². The minimum Gasteiger partial charge on any atom is -0.456 e. The highest BCUT2D eigenvalue weighted by Crippen LogP contribution is 2.27. The van der Waals surface area contributed by atoms with Gasteiger partial charge in [-0.1, -0.05) is 0 Å². The van der Waals surface area contributed by atoms with Gasteiger partial charge in [0.25, 0.3) is 0 Å². The van der Waals surface area contributed by atoms with E-state index >= 15 is 0 Å². The zero-order chi connectivity index (χ0) is 15.8. The normalized spacial score (nSPS) is 26.6. The number of furan rings is 1. The second-order valence-electron chi connectivity index (χ2n) is 5.05. The molecule has 9 heteroatoms. The first-order chi connectivity index (χ1) is 9.66. The first-order valence-electron chi connectivity index (χ1n) is 6.35. The maximum atomic E-state index is 12.0. The molecule has 2 rings (SSSR count). The molecular weight excluding hydrogens is 366 g/mol. The van der Waals surface area contributed by atoms with Crippen LogP contribution in [0, 0.1) is 0 Å². The Bertz CT molecular complexity index is 630. The molecule has 1 saturated heterocycles. The van der Waals surface area contributed by atoms with Crippen LogP contribution in [0.2, 0.25) is 0 Å². The molecule has 1 fully saturated rings. The van der Waals surface area contributed by atoms with Crippen LogP contribution in [0.5, 0.6) is 0 Å². The van der Waals surface area contributed by atoms with Gasteiger partial charge in [-0.2, -0.15) is 0 Å². The lowest BCUT2D eigenvalue weighted by atomic mass is 10.0. The smallest absolute Gasteiger partial charge is 0.374 e. The molecule has 2 unspecified atom stereocenters. The summed E-state index contributed by atoms with van der Waals surface area (Å²) in [6.45, 7) is 3.80. The van der Waals surface area contributed by atoms with E-state index in [9.17, 15) is 13.2 Å². The summed E-state index contributed by atoms with van der Waals surface area (Å²) >= 11 is 2.91. The monoisotopic (exact) mass is 381 g/mol. The summed E-state index contributed by atoms with van der Waals surface area (Å²) in [7, 11) is -3.97. The van der Waals surface area contributed by atoms with Crippen molar-refractivity contribution in [1.82, 2.24) is 0 Å². The van der Waals surface area contributed by atoms with Crippen molar-refractivity contribution in [2.75, 3.05) is 0 Å². The summed E-state index contributed by atoms with van der Waals surface area (Å²) in [5.74, 6) is -0.936. The second-order valence-corrected chi connectivity index (χ2v) is 7.30. The minimum absolute atomic E-state index is 0.00475. The van der Waals surface area contributed by atoms with Crippen molar-refractivity contribution >= 4 is 31.9 Å². The summed E-state index contributed by atoms with van der Waals surface area (Å²) in [6, 6.07) is 1.05. The summed E-state index contributed by atoms with van der Waals surface area (Å²) in [4.78, 5) is 11.7. The van der Waals surface area contributed by atoms with Gasteiger partial charge < -0.3 is 13.9 Å². The standard InChI is InChI=1S/C12H16BrNO6S/c1-6-3-8(4-7(2)18-6)19-12(15)9-5-10(11(13)20-9)21(14,16)17/h5-8H,3-4H2,1-2H3,(H2,14,16,17). The van der Waals surface area contributed by atoms with Gasteiger partial charge in [0.15, 0.2) is 4.67 Å². The largest absolute Gasteiger partial charge is 0.456 e. The molecule has 2 atom stereocenters. The Labute approximate surface area is 130 Å². The number of carbonyl (C=O) groups excluding carboxylic acids is 1. The molecule has 0 aromatic carbocycles. The molecule has 2 heterocycles. The van der Waals surface area contributed by atoms with Crippen molar-refractivity contribution in [3.8, 4) is 0 Å². The quantitative estimate of drug-likeness (QED) is 0.799. The van der Waals surface area contributed by atoms with Crippen molar-refractivity contribution in [1.29, 1.82) is 0 Å². The van der Waals surface area contributed by atoms with E-state index in [0.717, 1.165) is 6.07 Å². The average Bonchev–Trinajstić information content (AvgIpc) is 2.69. The van der Waals surface area contributed by atoms with Crippen LogP contribution in [0.4, 0.5) is 0 Å². The van der Waals surface area contributed by atoms with Gasteiger partial charge in [-0.3, -0.25) is 0 Å². The summed E-state index contributed by atoms with van der Waals surface area (Å²) < 4.78 is 38.4. The van der Waals surface area contributed by atoms with Crippen molar-refractivity contribution in [3.05, 3.63) is 16.5 Å². The molecule has 2 N–H and O–H groups in total. The Balaban J connectivity index is 2.11. The van der Waals surface area contributed by atoms with Crippen LogP contribution in [0.25, 0.3) is 0 Å². The van der Waals surface area contributed by atoms with Crippen LogP contribution in [0.15, 0.2) is 20.0 Å². The van der Waals surface area contributed by atoms with E-state index in [1.54, 1.807) is 0 Å². The highest BCUT2D eigenvalue weighted by molar-refractivity contribution is 9.10.